The molecule has 3 rings (SSSR count). The van der Waals surface area contributed by atoms with Crippen LogP contribution in [0.5, 0.6) is 5.88 Å². The largest absolute Gasteiger partial charge is 0.471 e. The number of amides is 2. The van der Waals surface area contributed by atoms with Crippen molar-refractivity contribution in [1.29, 1.82) is 0 Å². The summed E-state index contributed by atoms with van der Waals surface area (Å²) in [6, 6.07) is 1.39. The molecule has 0 radical (unpaired) electrons. The first-order valence-corrected chi connectivity index (χ1v) is 10.9. The maximum Gasteiger partial charge on any atom is 0.407 e. The summed E-state index contributed by atoms with van der Waals surface area (Å²) < 4.78 is 43.9. The summed E-state index contributed by atoms with van der Waals surface area (Å²) >= 11 is 0. The molecule has 3 heterocycles. The Morgan fingerprint density at radius 2 is 2.06 bits per heavy atom. The van der Waals surface area contributed by atoms with E-state index >= 15 is 0 Å². The summed E-state index contributed by atoms with van der Waals surface area (Å²) in [5.74, 6) is -1.32. The highest BCUT2D eigenvalue weighted by atomic mass is 35.5. The van der Waals surface area contributed by atoms with Crippen molar-refractivity contribution in [1.82, 2.24) is 19.7 Å². The van der Waals surface area contributed by atoms with Crippen LogP contribution in [0.25, 0.3) is 11.1 Å². The zero-order valence-electron chi connectivity index (χ0n) is 16.3. The van der Waals surface area contributed by atoms with Gasteiger partial charge in [0, 0.05) is 42.7 Å². The lowest BCUT2D eigenvalue weighted by Gasteiger charge is -2.33. The minimum atomic E-state index is -3.29. The number of likely N-dealkylation sites (tertiary alicyclic amines) is 1. The van der Waals surface area contributed by atoms with Gasteiger partial charge in [-0.25, -0.2) is 22.6 Å². The Hall–Kier alpha value is -2.93. The number of rotatable bonds is 6. The van der Waals surface area contributed by atoms with Gasteiger partial charge in [-0.3, -0.25) is 9.48 Å². The topological polar surface area (TPSA) is 158 Å². The molecule has 0 saturated carbocycles. The number of piperidine rings is 1. The van der Waals surface area contributed by atoms with Crippen LogP contribution in [0.1, 0.15) is 16.8 Å². The van der Waals surface area contributed by atoms with Gasteiger partial charge in [0.15, 0.2) is 16.0 Å². The number of ether oxygens (including phenoxy) is 1. The number of carbonyl (C=O) groups is 2. The van der Waals surface area contributed by atoms with Crippen molar-refractivity contribution in [3.8, 4) is 17.0 Å². The van der Waals surface area contributed by atoms with Crippen molar-refractivity contribution in [2.75, 3.05) is 19.3 Å². The van der Waals surface area contributed by atoms with E-state index in [-0.39, 0.29) is 49.2 Å². The van der Waals surface area contributed by atoms with Gasteiger partial charge in [-0.15, -0.1) is 12.4 Å². The Labute approximate surface area is 183 Å². The van der Waals surface area contributed by atoms with Crippen molar-refractivity contribution in [3.63, 3.8) is 0 Å². The van der Waals surface area contributed by atoms with Crippen molar-refractivity contribution in [2.24, 2.45) is 5.73 Å². The Bertz CT molecular complexity index is 1080. The fraction of sp³-hybridized carbons (Fsp3) is 0.412. The van der Waals surface area contributed by atoms with Gasteiger partial charge >= 0.3 is 6.09 Å². The summed E-state index contributed by atoms with van der Waals surface area (Å²) in [5.41, 5.74) is 6.26. The van der Waals surface area contributed by atoms with Crippen molar-refractivity contribution >= 4 is 34.2 Å². The van der Waals surface area contributed by atoms with E-state index in [0.717, 1.165) is 11.2 Å². The van der Waals surface area contributed by atoms with E-state index in [2.05, 4.69) is 10.1 Å². The minimum absolute atomic E-state index is 0. The van der Waals surface area contributed by atoms with Gasteiger partial charge in [-0.2, -0.15) is 5.10 Å². The number of sulfone groups is 1. The first kappa shape index (κ1) is 24.3. The number of carbonyl (C=O) groups excluding carboxylic acids is 1. The average Bonchev–Trinajstić information content (AvgIpc) is 3.09. The highest BCUT2D eigenvalue weighted by Gasteiger charge is 2.34. The van der Waals surface area contributed by atoms with Crippen LogP contribution < -0.4 is 10.5 Å². The van der Waals surface area contributed by atoms with Crippen LogP contribution in [0.15, 0.2) is 24.7 Å². The summed E-state index contributed by atoms with van der Waals surface area (Å²) in [4.78, 5) is 27.9. The van der Waals surface area contributed by atoms with Gasteiger partial charge in [-0.05, 0) is 6.07 Å². The SMILES string of the molecule is CS(=O)(=O)Cn1cc(-c2cnc(O[C@H]3CCN(C(=O)O)C[C@@H]3F)c(C(N)=O)c2)cn1.Cl. The number of halogens is 2. The van der Waals surface area contributed by atoms with Crippen molar-refractivity contribution in [2.45, 2.75) is 24.6 Å². The van der Waals surface area contributed by atoms with Crippen molar-refractivity contribution < 1.29 is 32.2 Å². The van der Waals surface area contributed by atoms with Gasteiger partial charge in [0.2, 0.25) is 5.88 Å². The van der Waals surface area contributed by atoms with Gasteiger partial charge in [0.05, 0.1) is 12.7 Å². The van der Waals surface area contributed by atoms with Crippen LogP contribution in [0, 0.1) is 0 Å². The summed E-state index contributed by atoms with van der Waals surface area (Å²) in [7, 11) is -3.29. The summed E-state index contributed by atoms with van der Waals surface area (Å²) in [6.45, 7) is -0.257. The lowest BCUT2D eigenvalue weighted by molar-refractivity contribution is 0.0222. The fourth-order valence-corrected chi connectivity index (χ4v) is 3.66. The standard InChI is InChI=1S/C17H20FN5O6S.ClH/c1-30(27,28)9-23-7-11(6-21-23)10-4-12(15(19)24)16(20-5-10)29-14-2-3-22(17(25)26)8-13(14)18;/h4-7,13-14H,2-3,8-9H2,1H3,(H2,19,24)(H,25,26);1H/t13-,14-;/m0./s1. The molecule has 0 bridgehead atoms. The van der Waals surface area contributed by atoms with Crippen LogP contribution in [-0.2, 0) is 15.7 Å². The quantitative estimate of drug-likeness (QED) is 0.621. The highest BCUT2D eigenvalue weighted by molar-refractivity contribution is 7.89. The third-order valence-electron chi connectivity index (χ3n) is 4.47. The van der Waals surface area contributed by atoms with E-state index in [0.29, 0.717) is 11.1 Å². The first-order valence-electron chi connectivity index (χ1n) is 8.82. The van der Waals surface area contributed by atoms with Crippen LogP contribution in [0.3, 0.4) is 0 Å². The smallest absolute Gasteiger partial charge is 0.407 e. The first-order chi connectivity index (χ1) is 14.0. The molecule has 0 unspecified atom stereocenters. The monoisotopic (exact) mass is 477 g/mol. The molecule has 170 valence electrons. The molecule has 2 atom stereocenters. The summed E-state index contributed by atoms with van der Waals surface area (Å²) in [5, 5.41) is 12.9. The summed E-state index contributed by atoms with van der Waals surface area (Å²) in [6.07, 6.45) is 1.63. The number of pyridine rings is 1. The second-order valence-electron chi connectivity index (χ2n) is 6.95. The zero-order valence-corrected chi connectivity index (χ0v) is 18.0. The molecule has 0 aliphatic carbocycles. The van der Waals surface area contributed by atoms with E-state index in [9.17, 15) is 22.4 Å². The molecule has 1 fully saturated rings. The normalized spacial score (nSPS) is 18.8. The lowest BCUT2D eigenvalue weighted by Crippen LogP contribution is -2.49. The number of primary amides is 1. The molecule has 31 heavy (non-hydrogen) atoms. The Kier molecular flexibility index (Phi) is 7.44. The number of aromatic nitrogens is 3. The van der Waals surface area contributed by atoms with E-state index in [4.69, 9.17) is 15.6 Å². The van der Waals surface area contributed by atoms with Gasteiger partial charge in [0.25, 0.3) is 5.91 Å². The fourth-order valence-electron chi connectivity index (χ4n) is 3.04. The van der Waals surface area contributed by atoms with Crippen LogP contribution in [0.2, 0.25) is 0 Å². The second kappa shape index (κ2) is 9.47. The number of hydrogen-bond donors (Lipinski definition) is 2. The Morgan fingerprint density at radius 3 is 2.65 bits per heavy atom. The number of carboxylic acid groups (broad SMARTS) is 1. The molecule has 14 heteroatoms. The molecule has 2 amide bonds. The molecule has 0 spiro atoms. The van der Waals surface area contributed by atoms with Gasteiger partial charge < -0.3 is 20.5 Å². The molecular formula is C17H21ClFN5O6S. The van der Waals surface area contributed by atoms with Crippen LogP contribution in [-0.4, -0.2) is 76.8 Å². The predicted molar refractivity (Wildman–Crippen MR) is 110 cm³/mol. The maximum absolute atomic E-state index is 14.3. The van der Waals surface area contributed by atoms with Crippen LogP contribution >= 0.6 is 12.4 Å². The van der Waals surface area contributed by atoms with E-state index in [1.165, 1.54) is 29.3 Å². The third-order valence-corrected chi connectivity index (χ3v) is 5.20. The molecular weight excluding hydrogens is 457 g/mol. The Balaban J connectivity index is 0.00000341. The second-order valence-corrected chi connectivity index (χ2v) is 9.06. The van der Waals surface area contributed by atoms with E-state index in [1.807, 2.05) is 0 Å². The van der Waals surface area contributed by atoms with Gasteiger partial charge in [-0.1, -0.05) is 0 Å². The number of alkyl halides is 1. The highest BCUT2D eigenvalue weighted by Crippen LogP contribution is 2.27. The third kappa shape index (κ3) is 6.04. The zero-order chi connectivity index (χ0) is 22.1. The average molecular weight is 478 g/mol. The molecule has 2 aromatic heterocycles. The molecule has 1 saturated heterocycles. The lowest BCUT2D eigenvalue weighted by atomic mass is 10.1. The molecule has 2 aromatic rings. The number of nitrogens with zero attached hydrogens (tertiary/aromatic N) is 4. The van der Waals surface area contributed by atoms with Gasteiger partial charge in [0.1, 0.15) is 17.5 Å². The minimum Gasteiger partial charge on any atom is -0.471 e. The molecule has 3 N–H and O–H groups in total. The number of hydrogen-bond acceptors (Lipinski definition) is 7. The molecule has 11 nitrogen and oxygen atoms in total. The van der Waals surface area contributed by atoms with Crippen LogP contribution in [0.4, 0.5) is 9.18 Å². The van der Waals surface area contributed by atoms with Crippen molar-refractivity contribution in [3.05, 3.63) is 30.2 Å². The van der Waals surface area contributed by atoms with E-state index < -0.39 is 34.1 Å². The van der Waals surface area contributed by atoms with E-state index in [1.54, 1.807) is 0 Å². The number of nitrogens with two attached hydrogens (primary N) is 1. The maximum atomic E-state index is 14.3. The molecule has 1 aliphatic rings. The predicted octanol–water partition coefficient (Wildman–Crippen LogP) is 0.937. The molecule has 0 aromatic carbocycles. The molecule has 1 aliphatic heterocycles. The Morgan fingerprint density at radius 1 is 1.35 bits per heavy atom.